The molecule has 0 aliphatic heterocycles. The van der Waals surface area contributed by atoms with Crippen molar-refractivity contribution < 1.29 is 9.18 Å². The number of nitrogens with one attached hydrogen (secondary N) is 2. The fourth-order valence-electron chi connectivity index (χ4n) is 1.85. The third kappa shape index (κ3) is 3.79. The highest BCUT2D eigenvalue weighted by Gasteiger charge is 2.09. The van der Waals surface area contributed by atoms with Crippen LogP contribution in [0.15, 0.2) is 36.4 Å². The van der Waals surface area contributed by atoms with Gasteiger partial charge in [0.2, 0.25) is 0 Å². The van der Waals surface area contributed by atoms with Gasteiger partial charge in [-0.15, -0.1) is 0 Å². The standard InChI is InChI=1S/C16H15FN4O/c1-11-6-7-15(21-14(11)10-18)19-8-9-20-16(22)12-4-2-3-5-13(12)17/h2-7H,8-9H2,1H3,(H,19,21)(H,20,22). The summed E-state index contributed by atoms with van der Waals surface area (Å²) in [6, 6.07) is 11.4. The van der Waals surface area contributed by atoms with E-state index in [0.29, 0.717) is 24.6 Å². The van der Waals surface area contributed by atoms with Crippen molar-refractivity contribution in [2.75, 3.05) is 18.4 Å². The Morgan fingerprint density at radius 2 is 2.05 bits per heavy atom. The molecule has 0 radical (unpaired) electrons. The van der Waals surface area contributed by atoms with E-state index in [9.17, 15) is 9.18 Å². The number of pyridine rings is 1. The molecule has 0 spiro atoms. The van der Waals surface area contributed by atoms with E-state index in [-0.39, 0.29) is 5.56 Å². The lowest BCUT2D eigenvalue weighted by Gasteiger charge is -2.08. The molecule has 2 rings (SSSR count). The summed E-state index contributed by atoms with van der Waals surface area (Å²) in [6.07, 6.45) is 0. The second-order valence-electron chi connectivity index (χ2n) is 4.64. The van der Waals surface area contributed by atoms with E-state index in [0.717, 1.165) is 5.56 Å². The lowest BCUT2D eigenvalue weighted by atomic mass is 10.2. The van der Waals surface area contributed by atoms with Crippen molar-refractivity contribution in [2.24, 2.45) is 0 Å². The lowest BCUT2D eigenvalue weighted by molar-refractivity contribution is 0.0951. The number of hydrogen-bond donors (Lipinski definition) is 2. The van der Waals surface area contributed by atoms with Crippen molar-refractivity contribution in [3.63, 3.8) is 0 Å². The van der Waals surface area contributed by atoms with Crippen LogP contribution in [0.5, 0.6) is 0 Å². The monoisotopic (exact) mass is 298 g/mol. The first-order valence-corrected chi connectivity index (χ1v) is 6.76. The molecule has 1 aromatic carbocycles. The fourth-order valence-corrected chi connectivity index (χ4v) is 1.85. The average molecular weight is 298 g/mol. The van der Waals surface area contributed by atoms with E-state index >= 15 is 0 Å². The van der Waals surface area contributed by atoms with Crippen LogP contribution >= 0.6 is 0 Å². The van der Waals surface area contributed by atoms with E-state index in [1.807, 2.05) is 13.0 Å². The Balaban J connectivity index is 1.84. The molecule has 22 heavy (non-hydrogen) atoms. The highest BCUT2D eigenvalue weighted by Crippen LogP contribution is 2.09. The number of carbonyl (C=O) groups excluding carboxylic acids is 1. The fraction of sp³-hybridized carbons (Fsp3) is 0.188. The third-order valence-corrected chi connectivity index (χ3v) is 3.04. The maximum atomic E-state index is 13.4. The van der Waals surface area contributed by atoms with Gasteiger partial charge in [-0.05, 0) is 30.7 Å². The number of nitrogens with zero attached hydrogens (tertiary/aromatic N) is 2. The number of rotatable bonds is 5. The Labute approximate surface area is 127 Å². The molecule has 0 unspecified atom stereocenters. The van der Waals surface area contributed by atoms with E-state index in [2.05, 4.69) is 15.6 Å². The number of benzene rings is 1. The number of nitriles is 1. The lowest BCUT2D eigenvalue weighted by Crippen LogP contribution is -2.29. The van der Waals surface area contributed by atoms with Crippen molar-refractivity contribution in [2.45, 2.75) is 6.92 Å². The molecule has 0 fully saturated rings. The summed E-state index contributed by atoms with van der Waals surface area (Å²) in [6.45, 7) is 2.54. The molecular weight excluding hydrogens is 283 g/mol. The summed E-state index contributed by atoms with van der Waals surface area (Å²) in [7, 11) is 0. The first kappa shape index (κ1) is 15.4. The van der Waals surface area contributed by atoms with Crippen LogP contribution in [0.1, 0.15) is 21.6 Å². The maximum absolute atomic E-state index is 13.4. The molecule has 1 aromatic heterocycles. The van der Waals surface area contributed by atoms with Crippen LogP contribution in [-0.4, -0.2) is 24.0 Å². The second kappa shape index (κ2) is 7.18. The van der Waals surface area contributed by atoms with Crippen LogP contribution in [0.2, 0.25) is 0 Å². The summed E-state index contributed by atoms with van der Waals surface area (Å²) < 4.78 is 13.4. The Kier molecular flexibility index (Phi) is 5.04. The first-order chi connectivity index (χ1) is 10.6. The minimum atomic E-state index is -0.549. The Morgan fingerprint density at radius 1 is 1.27 bits per heavy atom. The summed E-state index contributed by atoms with van der Waals surface area (Å²) >= 11 is 0. The van der Waals surface area contributed by atoms with Gasteiger partial charge in [0.1, 0.15) is 23.4 Å². The Morgan fingerprint density at radius 3 is 2.77 bits per heavy atom. The largest absolute Gasteiger partial charge is 0.368 e. The van der Waals surface area contributed by atoms with E-state index in [1.54, 1.807) is 18.2 Å². The number of aromatic nitrogens is 1. The van der Waals surface area contributed by atoms with Crippen LogP contribution in [0, 0.1) is 24.1 Å². The summed E-state index contributed by atoms with van der Waals surface area (Å²) in [5.41, 5.74) is 1.18. The van der Waals surface area contributed by atoms with Gasteiger partial charge in [0.05, 0.1) is 5.56 Å². The van der Waals surface area contributed by atoms with Crippen LogP contribution in [-0.2, 0) is 0 Å². The normalized spacial score (nSPS) is 9.86. The highest BCUT2D eigenvalue weighted by molar-refractivity contribution is 5.94. The number of anilines is 1. The SMILES string of the molecule is Cc1ccc(NCCNC(=O)c2ccccc2F)nc1C#N. The predicted molar refractivity (Wildman–Crippen MR) is 80.9 cm³/mol. The zero-order valence-electron chi connectivity index (χ0n) is 12.1. The number of amides is 1. The topological polar surface area (TPSA) is 77.8 Å². The van der Waals surface area contributed by atoms with E-state index in [1.165, 1.54) is 18.2 Å². The van der Waals surface area contributed by atoms with Gasteiger partial charge in [-0.25, -0.2) is 9.37 Å². The molecule has 0 bridgehead atoms. The van der Waals surface area contributed by atoms with Crippen LogP contribution < -0.4 is 10.6 Å². The number of aryl methyl sites for hydroxylation is 1. The number of carbonyl (C=O) groups is 1. The van der Waals surface area contributed by atoms with Gasteiger partial charge in [-0.1, -0.05) is 18.2 Å². The minimum absolute atomic E-state index is 0.0164. The molecule has 2 aromatic rings. The third-order valence-electron chi connectivity index (χ3n) is 3.04. The highest BCUT2D eigenvalue weighted by atomic mass is 19.1. The van der Waals surface area contributed by atoms with Gasteiger partial charge in [0, 0.05) is 13.1 Å². The summed E-state index contributed by atoms with van der Waals surface area (Å²) in [5, 5.41) is 14.5. The van der Waals surface area contributed by atoms with E-state index in [4.69, 9.17) is 5.26 Å². The Bertz CT molecular complexity index is 724. The van der Waals surface area contributed by atoms with Gasteiger partial charge in [-0.3, -0.25) is 4.79 Å². The van der Waals surface area contributed by atoms with Crippen molar-refractivity contribution >= 4 is 11.7 Å². The zero-order chi connectivity index (χ0) is 15.9. The molecule has 1 amide bonds. The maximum Gasteiger partial charge on any atom is 0.254 e. The molecule has 2 N–H and O–H groups in total. The summed E-state index contributed by atoms with van der Waals surface area (Å²) in [5.74, 6) is -0.455. The Hall–Kier alpha value is -2.94. The molecule has 112 valence electrons. The molecule has 0 aliphatic carbocycles. The average Bonchev–Trinajstić information content (AvgIpc) is 2.53. The van der Waals surface area contributed by atoms with E-state index < -0.39 is 11.7 Å². The first-order valence-electron chi connectivity index (χ1n) is 6.76. The molecule has 0 saturated heterocycles. The van der Waals surface area contributed by atoms with Gasteiger partial charge in [-0.2, -0.15) is 5.26 Å². The molecular formula is C16H15FN4O. The van der Waals surface area contributed by atoms with Gasteiger partial charge in [0.25, 0.3) is 5.91 Å². The second-order valence-corrected chi connectivity index (χ2v) is 4.64. The number of hydrogen-bond acceptors (Lipinski definition) is 4. The molecule has 0 atom stereocenters. The number of halogens is 1. The van der Waals surface area contributed by atoms with Crippen LogP contribution in [0.25, 0.3) is 0 Å². The molecule has 5 nitrogen and oxygen atoms in total. The van der Waals surface area contributed by atoms with Crippen molar-refractivity contribution in [3.8, 4) is 6.07 Å². The smallest absolute Gasteiger partial charge is 0.254 e. The quantitative estimate of drug-likeness (QED) is 0.830. The van der Waals surface area contributed by atoms with Gasteiger partial charge < -0.3 is 10.6 Å². The van der Waals surface area contributed by atoms with Crippen LogP contribution in [0.3, 0.4) is 0 Å². The van der Waals surface area contributed by atoms with Crippen molar-refractivity contribution in [3.05, 3.63) is 59.0 Å². The molecule has 6 heteroatoms. The minimum Gasteiger partial charge on any atom is -0.368 e. The van der Waals surface area contributed by atoms with Gasteiger partial charge >= 0.3 is 0 Å². The van der Waals surface area contributed by atoms with Crippen LogP contribution in [0.4, 0.5) is 10.2 Å². The molecule has 1 heterocycles. The predicted octanol–water partition coefficient (Wildman–Crippen LogP) is 2.24. The molecule has 0 aliphatic rings. The summed E-state index contributed by atoms with van der Waals surface area (Å²) in [4.78, 5) is 15.9. The zero-order valence-corrected chi connectivity index (χ0v) is 12.1. The van der Waals surface area contributed by atoms with Crippen molar-refractivity contribution in [1.82, 2.24) is 10.3 Å². The molecule has 0 saturated carbocycles. The van der Waals surface area contributed by atoms with Gasteiger partial charge in [0.15, 0.2) is 0 Å². The van der Waals surface area contributed by atoms with Crippen molar-refractivity contribution in [1.29, 1.82) is 5.26 Å².